The number of benzene rings is 2. The quantitative estimate of drug-likeness (QED) is 0.497. The number of carbonyl (C=O) groups is 2. The molecule has 2 aromatic carbocycles. The summed E-state index contributed by atoms with van der Waals surface area (Å²) in [5.74, 6) is -1.39. The summed E-state index contributed by atoms with van der Waals surface area (Å²) < 4.78 is 18.8. The number of halogens is 1. The van der Waals surface area contributed by atoms with E-state index in [1.807, 2.05) is 0 Å². The minimum atomic E-state index is -0.877. The fraction of sp³-hybridized carbons (Fsp3) is 0.222. The Morgan fingerprint density at radius 1 is 1.18 bits per heavy atom. The van der Waals surface area contributed by atoms with Crippen molar-refractivity contribution in [2.45, 2.75) is 12.3 Å². The van der Waals surface area contributed by atoms with Crippen molar-refractivity contribution < 1.29 is 18.7 Å². The van der Waals surface area contributed by atoms with Gasteiger partial charge < -0.3 is 4.74 Å². The van der Waals surface area contributed by atoms with Crippen molar-refractivity contribution in [1.82, 2.24) is 0 Å². The Hall–Kier alpha value is -2.08. The molecule has 3 rings (SSSR count). The van der Waals surface area contributed by atoms with Crippen molar-refractivity contribution in [3.8, 4) is 0 Å². The number of anilines is 1. The summed E-state index contributed by atoms with van der Waals surface area (Å²) in [7, 11) is 24.8. The molecular weight excluding hydrogens is 373 g/mol. The highest BCUT2D eigenvalue weighted by molar-refractivity contribution is 8.00. The first-order valence-corrected chi connectivity index (χ1v) is 9.27. The number of aryl methyl sites for hydroxylation is 1. The van der Waals surface area contributed by atoms with Gasteiger partial charge in [0, 0.05) is 5.69 Å². The molecule has 4 nitrogen and oxygen atoms in total. The summed E-state index contributed by atoms with van der Waals surface area (Å²) in [6.45, 7) is 1.76. The van der Waals surface area contributed by atoms with Crippen molar-refractivity contribution >= 4 is 82.6 Å². The van der Waals surface area contributed by atoms with Crippen molar-refractivity contribution in [3.05, 3.63) is 40.7 Å². The van der Waals surface area contributed by atoms with Crippen LogP contribution in [0.5, 0.6) is 0 Å². The summed E-state index contributed by atoms with van der Waals surface area (Å²) in [6, 6.07) is 4.82. The Kier molecular flexibility index (Phi) is 5.71. The molecule has 0 aromatic heterocycles. The predicted molar refractivity (Wildman–Crippen MR) is 113 cm³/mol. The van der Waals surface area contributed by atoms with Crippen LogP contribution >= 0.6 is 11.8 Å². The van der Waals surface area contributed by atoms with Gasteiger partial charge >= 0.3 is 5.97 Å². The average molecular weight is 385 g/mol. The maximum Gasteiger partial charge on any atom is 0.337 e. The summed E-state index contributed by atoms with van der Waals surface area (Å²) in [6.07, 6.45) is 0. The van der Waals surface area contributed by atoms with Crippen LogP contribution in [0.15, 0.2) is 18.2 Å². The maximum absolute atomic E-state index is 14.1. The fourth-order valence-corrected chi connectivity index (χ4v) is 4.39. The van der Waals surface area contributed by atoms with E-state index in [1.54, 1.807) is 25.1 Å². The Balaban J connectivity index is 2.13. The minimum Gasteiger partial charge on any atom is -0.465 e. The molecule has 1 heterocycles. The van der Waals surface area contributed by atoms with E-state index in [4.69, 9.17) is 36.1 Å². The van der Waals surface area contributed by atoms with Gasteiger partial charge in [0.2, 0.25) is 5.91 Å². The summed E-state index contributed by atoms with van der Waals surface area (Å²) >= 11 is 1.27. The number of nitrogens with zero attached hydrogens (tertiary/aromatic N) is 1. The lowest BCUT2D eigenvalue weighted by Gasteiger charge is -2.30. The number of hydrogen-bond acceptors (Lipinski definition) is 4. The monoisotopic (exact) mass is 385 g/mol. The van der Waals surface area contributed by atoms with Gasteiger partial charge in [-0.3, -0.25) is 9.69 Å². The Morgan fingerprint density at radius 2 is 1.79 bits per heavy atom. The van der Waals surface area contributed by atoms with E-state index >= 15 is 0 Å². The highest BCUT2D eigenvalue weighted by Gasteiger charge is 2.37. The van der Waals surface area contributed by atoms with Crippen LogP contribution < -0.4 is 26.8 Å². The molecule has 1 unspecified atom stereocenters. The fourth-order valence-electron chi connectivity index (χ4n) is 3.15. The lowest BCUT2D eigenvalue weighted by Crippen LogP contribution is -2.49. The normalized spacial score (nSPS) is 16.5. The van der Waals surface area contributed by atoms with Crippen LogP contribution in [-0.2, 0) is 9.53 Å². The number of methoxy groups -OCH3 is 1. The highest BCUT2D eigenvalue weighted by Crippen LogP contribution is 2.41. The molecule has 1 amide bonds. The molecule has 0 aliphatic carbocycles. The second-order valence-electron chi connectivity index (χ2n) is 6.30. The average Bonchev–Trinajstić information content (AvgIpc) is 3.05. The standard InChI is InChI=1S/C18H12B4FNO3S/c1-7-5-8(18(26)27-2)3-4-9(7)24-10(25)6-28-17(24)11-12(19)14(21)16(23)15(22)13(11)20/h3-5,17H,6H2,1-2H3. The molecule has 1 aliphatic heterocycles. The zero-order valence-electron chi connectivity index (χ0n) is 15.3. The van der Waals surface area contributed by atoms with Gasteiger partial charge in [-0.1, -0.05) is 21.9 Å². The lowest BCUT2D eigenvalue weighted by molar-refractivity contribution is -0.115. The van der Waals surface area contributed by atoms with E-state index < -0.39 is 17.2 Å². The number of carbonyl (C=O) groups excluding carboxylic acids is 2. The van der Waals surface area contributed by atoms with Crippen LogP contribution in [0, 0.1) is 12.7 Å². The Bertz CT molecular complexity index is 972. The number of esters is 1. The van der Waals surface area contributed by atoms with Crippen LogP contribution in [0.25, 0.3) is 0 Å². The van der Waals surface area contributed by atoms with E-state index in [2.05, 4.69) is 0 Å². The molecule has 1 saturated heterocycles. The molecule has 0 bridgehead atoms. The van der Waals surface area contributed by atoms with Crippen LogP contribution in [0.4, 0.5) is 10.1 Å². The first-order chi connectivity index (χ1) is 13.2. The zero-order chi connectivity index (χ0) is 20.7. The summed E-state index contributed by atoms with van der Waals surface area (Å²) in [4.78, 5) is 25.9. The highest BCUT2D eigenvalue weighted by atomic mass is 32.2. The van der Waals surface area contributed by atoms with Gasteiger partial charge in [-0.2, -0.15) is 0 Å². The first-order valence-electron chi connectivity index (χ1n) is 8.22. The SMILES string of the molecule is [B]c1c([B])c(C2SCC(=O)N2c2ccc(C(=O)OC)cc2C)c([B])c([B])c1F. The van der Waals surface area contributed by atoms with Gasteiger partial charge in [0.05, 0.1) is 18.4 Å². The molecule has 1 atom stereocenters. The van der Waals surface area contributed by atoms with Gasteiger partial charge in [0.1, 0.15) is 42.6 Å². The summed E-state index contributed by atoms with van der Waals surface area (Å²) in [5, 5.41) is -0.639. The number of hydrogen-bond donors (Lipinski definition) is 0. The predicted octanol–water partition coefficient (Wildman–Crippen LogP) is -1.13. The molecule has 1 fully saturated rings. The molecule has 2 aromatic rings. The van der Waals surface area contributed by atoms with Crippen molar-refractivity contribution in [2.75, 3.05) is 17.8 Å². The third-order valence-corrected chi connectivity index (χ3v) is 5.80. The maximum atomic E-state index is 14.1. The van der Waals surface area contributed by atoms with E-state index in [1.165, 1.54) is 23.8 Å². The van der Waals surface area contributed by atoms with Gasteiger partial charge in [0.25, 0.3) is 0 Å². The lowest BCUT2D eigenvalue weighted by atomic mass is 9.66. The Morgan fingerprint density at radius 3 is 2.32 bits per heavy atom. The molecule has 10 heteroatoms. The van der Waals surface area contributed by atoms with Crippen LogP contribution in [0.3, 0.4) is 0 Å². The number of amides is 1. The molecule has 0 saturated carbocycles. The summed E-state index contributed by atoms with van der Waals surface area (Å²) in [5.41, 5.74) is 1.17. The van der Waals surface area contributed by atoms with Crippen molar-refractivity contribution in [1.29, 1.82) is 0 Å². The molecular formula is C18H12B4FNO3S. The third kappa shape index (κ3) is 3.28. The first kappa shape index (κ1) is 20.6. The Labute approximate surface area is 172 Å². The van der Waals surface area contributed by atoms with Gasteiger partial charge in [-0.15, -0.1) is 11.8 Å². The van der Waals surface area contributed by atoms with Gasteiger partial charge in [-0.25, -0.2) is 9.18 Å². The zero-order valence-corrected chi connectivity index (χ0v) is 16.1. The topological polar surface area (TPSA) is 46.6 Å². The van der Waals surface area contributed by atoms with Crippen molar-refractivity contribution in [2.24, 2.45) is 0 Å². The van der Waals surface area contributed by atoms with Crippen LogP contribution in [-0.4, -0.2) is 56.1 Å². The largest absolute Gasteiger partial charge is 0.465 e. The molecule has 132 valence electrons. The van der Waals surface area contributed by atoms with E-state index in [-0.39, 0.29) is 33.5 Å². The number of ether oxygens (including phenoxy) is 1. The molecule has 0 spiro atoms. The molecule has 28 heavy (non-hydrogen) atoms. The third-order valence-electron chi connectivity index (χ3n) is 4.63. The molecule has 0 N–H and O–H groups in total. The second kappa shape index (κ2) is 7.74. The van der Waals surface area contributed by atoms with Crippen LogP contribution in [0.1, 0.15) is 26.9 Å². The number of rotatable bonds is 3. The number of thioether (sulfide) groups is 1. The van der Waals surface area contributed by atoms with Crippen molar-refractivity contribution in [3.63, 3.8) is 0 Å². The second-order valence-corrected chi connectivity index (χ2v) is 7.37. The van der Waals surface area contributed by atoms with E-state index in [0.717, 1.165) is 0 Å². The van der Waals surface area contributed by atoms with Gasteiger partial charge in [0.15, 0.2) is 0 Å². The van der Waals surface area contributed by atoms with E-state index in [0.29, 0.717) is 22.4 Å². The van der Waals surface area contributed by atoms with E-state index in [9.17, 15) is 14.0 Å². The minimum absolute atomic E-state index is 0.0507. The molecule has 1 aliphatic rings. The van der Waals surface area contributed by atoms with Gasteiger partial charge in [-0.05, 0) is 36.2 Å². The molecule has 8 radical (unpaired) electrons. The van der Waals surface area contributed by atoms with Crippen LogP contribution in [0.2, 0.25) is 0 Å². The smallest absolute Gasteiger partial charge is 0.337 e.